The number of halogens is 1. The highest BCUT2D eigenvalue weighted by molar-refractivity contribution is 6.38. The first kappa shape index (κ1) is 23.5. The van der Waals surface area contributed by atoms with Crippen molar-refractivity contribution in [2.75, 3.05) is 11.9 Å². The average molecular weight is 499 g/mol. The number of benzene rings is 3. The fraction of sp³-hybridized carbons (Fsp3) is 0.103. The number of carbonyl (C=O) groups is 2. The molecule has 0 atom stereocenters. The van der Waals surface area contributed by atoms with E-state index in [1.54, 1.807) is 53.1 Å². The number of aryl methyl sites for hydroxylation is 1. The van der Waals surface area contributed by atoms with E-state index in [0.717, 1.165) is 27.8 Å². The molecule has 5 rings (SSSR count). The van der Waals surface area contributed by atoms with Crippen LogP contribution in [0.1, 0.15) is 28.5 Å². The number of aromatic carboxylic acids is 1. The van der Waals surface area contributed by atoms with Gasteiger partial charge in [0, 0.05) is 42.1 Å². The van der Waals surface area contributed by atoms with Crippen LogP contribution in [0, 0.1) is 0 Å². The minimum atomic E-state index is -1.02. The maximum atomic E-state index is 13.1. The van der Waals surface area contributed by atoms with Gasteiger partial charge in [0.2, 0.25) is 0 Å². The number of para-hydroxylation sites is 1. The maximum Gasteiger partial charge on any atom is 0.352 e. The van der Waals surface area contributed by atoms with Crippen molar-refractivity contribution >= 4 is 40.8 Å². The van der Waals surface area contributed by atoms with Crippen LogP contribution >= 0.6 is 11.6 Å². The number of aromatic nitrogens is 1. The molecule has 1 aromatic heterocycles. The van der Waals surface area contributed by atoms with E-state index >= 15 is 0 Å². The number of likely N-dealkylation sites (N-methyl/N-ethyl adjacent to an activating group) is 1. The Kier molecular flexibility index (Phi) is 5.90. The van der Waals surface area contributed by atoms with Crippen LogP contribution in [0.4, 0.5) is 5.69 Å². The number of phenols is 1. The lowest BCUT2D eigenvalue weighted by atomic mass is 9.96. The molecule has 0 saturated heterocycles. The number of carbonyl (C=O) groups excluding carboxylic acids is 1. The highest BCUT2D eigenvalue weighted by atomic mass is 35.5. The molecule has 0 aliphatic carbocycles. The predicted molar refractivity (Wildman–Crippen MR) is 142 cm³/mol. The fourth-order valence-corrected chi connectivity index (χ4v) is 4.86. The fourth-order valence-electron chi connectivity index (χ4n) is 4.59. The molecule has 7 heteroatoms. The van der Waals surface area contributed by atoms with Gasteiger partial charge >= 0.3 is 5.97 Å². The largest absolute Gasteiger partial charge is 0.507 e. The van der Waals surface area contributed by atoms with Crippen molar-refractivity contribution in [3.05, 3.63) is 94.8 Å². The third-order valence-electron chi connectivity index (χ3n) is 6.47. The Labute approximate surface area is 213 Å². The van der Waals surface area contributed by atoms with Crippen molar-refractivity contribution in [1.29, 1.82) is 0 Å². The Bertz CT molecular complexity index is 1550. The molecule has 6 nitrogen and oxygen atoms in total. The van der Waals surface area contributed by atoms with Crippen molar-refractivity contribution < 1.29 is 19.8 Å². The molecule has 0 saturated carbocycles. The van der Waals surface area contributed by atoms with E-state index in [4.69, 9.17) is 11.6 Å². The number of rotatable bonds is 5. The van der Waals surface area contributed by atoms with E-state index in [9.17, 15) is 19.8 Å². The molecule has 0 spiro atoms. The lowest BCUT2D eigenvalue weighted by Gasteiger charge is -2.12. The minimum absolute atomic E-state index is 0.171. The second-order valence-corrected chi connectivity index (χ2v) is 9.02. The average Bonchev–Trinajstić information content (AvgIpc) is 3.39. The van der Waals surface area contributed by atoms with E-state index in [0.29, 0.717) is 28.4 Å². The van der Waals surface area contributed by atoms with Crippen molar-refractivity contribution in [2.45, 2.75) is 13.5 Å². The molecule has 1 aliphatic heterocycles. The molecular formula is C29H23ClN2O4. The molecule has 2 heterocycles. The second kappa shape index (κ2) is 9.06. The Morgan fingerprint density at radius 2 is 1.64 bits per heavy atom. The van der Waals surface area contributed by atoms with Crippen LogP contribution in [0.2, 0.25) is 5.02 Å². The number of nitrogens with zero attached hydrogens (tertiary/aromatic N) is 2. The zero-order valence-corrected chi connectivity index (χ0v) is 20.5. The molecular weight excluding hydrogens is 476 g/mol. The molecule has 0 bridgehead atoms. The SMILES string of the molecule is CCn1cc(/C=C2\C(=O)N(C)c3cc(Cl)c(-c4ccc(-c5ccccc5O)cc4)cc32)cc1C(=O)O. The summed E-state index contributed by atoms with van der Waals surface area (Å²) in [5.41, 5.74) is 5.96. The zero-order valence-electron chi connectivity index (χ0n) is 19.7. The van der Waals surface area contributed by atoms with Gasteiger partial charge < -0.3 is 19.7 Å². The number of carboxylic acids is 1. The normalized spacial score (nSPS) is 13.9. The van der Waals surface area contributed by atoms with Crippen LogP contribution in [-0.4, -0.2) is 33.7 Å². The summed E-state index contributed by atoms with van der Waals surface area (Å²) in [5, 5.41) is 20.2. The second-order valence-electron chi connectivity index (χ2n) is 8.62. The van der Waals surface area contributed by atoms with E-state index < -0.39 is 5.97 Å². The van der Waals surface area contributed by atoms with Crippen molar-refractivity contribution in [1.82, 2.24) is 4.57 Å². The van der Waals surface area contributed by atoms with Crippen molar-refractivity contribution in [2.24, 2.45) is 0 Å². The number of aromatic hydroxyl groups is 1. The van der Waals surface area contributed by atoms with Gasteiger partial charge in [-0.25, -0.2) is 4.79 Å². The first-order valence-corrected chi connectivity index (χ1v) is 11.8. The monoisotopic (exact) mass is 498 g/mol. The van der Waals surface area contributed by atoms with Crippen molar-refractivity contribution in [3.8, 4) is 28.0 Å². The smallest absolute Gasteiger partial charge is 0.352 e. The molecule has 3 aromatic carbocycles. The third kappa shape index (κ3) is 3.95. The molecule has 36 heavy (non-hydrogen) atoms. The predicted octanol–water partition coefficient (Wildman–Crippen LogP) is 6.42. The number of hydrogen-bond acceptors (Lipinski definition) is 3. The van der Waals surface area contributed by atoms with Gasteiger partial charge in [-0.05, 0) is 54.0 Å². The molecule has 0 unspecified atom stereocenters. The van der Waals surface area contributed by atoms with Gasteiger partial charge in [0.25, 0.3) is 5.91 Å². The number of fused-ring (bicyclic) bond motifs is 1. The Morgan fingerprint density at radius 1 is 0.972 bits per heavy atom. The highest BCUT2D eigenvalue weighted by Gasteiger charge is 2.31. The molecule has 180 valence electrons. The van der Waals surface area contributed by atoms with Crippen LogP contribution in [-0.2, 0) is 11.3 Å². The van der Waals surface area contributed by atoms with Gasteiger partial charge in [-0.15, -0.1) is 0 Å². The van der Waals surface area contributed by atoms with E-state index in [-0.39, 0.29) is 17.4 Å². The molecule has 2 N–H and O–H groups in total. The zero-order chi connectivity index (χ0) is 25.6. The van der Waals surface area contributed by atoms with Crippen LogP contribution in [0.25, 0.3) is 33.9 Å². The summed E-state index contributed by atoms with van der Waals surface area (Å²) >= 11 is 6.66. The van der Waals surface area contributed by atoms with E-state index in [1.165, 1.54) is 0 Å². The molecule has 0 radical (unpaired) electrons. The molecule has 1 amide bonds. The molecule has 0 fully saturated rings. The summed E-state index contributed by atoms with van der Waals surface area (Å²) in [4.78, 5) is 26.2. The first-order valence-electron chi connectivity index (χ1n) is 11.4. The van der Waals surface area contributed by atoms with Crippen LogP contribution in [0.3, 0.4) is 0 Å². The standard InChI is InChI=1S/C29H23ClN2O4/c1-3-32-16-17(13-26(32)29(35)36)12-23-22-14-21(24(30)15-25(22)31(2)28(23)34)19-10-8-18(9-11-19)20-6-4-5-7-27(20)33/h4-16,33H,3H2,1-2H3,(H,35,36)/b23-12-. The van der Waals surface area contributed by atoms with Crippen LogP contribution in [0.5, 0.6) is 5.75 Å². The summed E-state index contributed by atoms with van der Waals surface area (Å²) in [7, 11) is 1.69. The van der Waals surface area contributed by atoms with Gasteiger partial charge in [0.1, 0.15) is 11.4 Å². The number of carboxylic acid groups (broad SMARTS) is 1. The van der Waals surface area contributed by atoms with Crippen LogP contribution in [0.15, 0.2) is 72.9 Å². The summed E-state index contributed by atoms with van der Waals surface area (Å²) in [6.45, 7) is 2.37. The van der Waals surface area contributed by atoms with Crippen LogP contribution < -0.4 is 4.90 Å². The summed E-state index contributed by atoms with van der Waals surface area (Å²) < 4.78 is 1.64. The Hall–Kier alpha value is -4.29. The first-order chi connectivity index (χ1) is 17.3. The van der Waals surface area contributed by atoms with Crippen molar-refractivity contribution in [3.63, 3.8) is 0 Å². The number of amides is 1. The number of hydrogen-bond donors (Lipinski definition) is 2. The number of phenolic OH excluding ortho intramolecular Hbond substituents is 1. The summed E-state index contributed by atoms with van der Waals surface area (Å²) in [6.07, 6.45) is 3.46. The highest BCUT2D eigenvalue weighted by Crippen LogP contribution is 2.43. The minimum Gasteiger partial charge on any atom is -0.507 e. The lowest BCUT2D eigenvalue weighted by molar-refractivity contribution is -0.112. The quantitative estimate of drug-likeness (QED) is 0.311. The Balaban J connectivity index is 1.57. The maximum absolute atomic E-state index is 13.1. The van der Waals surface area contributed by atoms with E-state index in [2.05, 4.69) is 0 Å². The van der Waals surface area contributed by atoms with Gasteiger partial charge in [-0.3, -0.25) is 4.79 Å². The van der Waals surface area contributed by atoms with E-state index in [1.807, 2.05) is 49.4 Å². The third-order valence-corrected chi connectivity index (χ3v) is 6.78. The molecule has 1 aliphatic rings. The lowest BCUT2D eigenvalue weighted by Crippen LogP contribution is -2.20. The Morgan fingerprint density at radius 3 is 2.25 bits per heavy atom. The van der Waals surface area contributed by atoms with Gasteiger partial charge in [0.05, 0.1) is 10.7 Å². The summed E-state index contributed by atoms with van der Waals surface area (Å²) in [6, 6.07) is 20.1. The molecule has 4 aromatic rings. The van der Waals surface area contributed by atoms with Gasteiger partial charge in [-0.2, -0.15) is 0 Å². The number of anilines is 1. The van der Waals surface area contributed by atoms with Gasteiger partial charge in [-0.1, -0.05) is 54.1 Å². The summed E-state index contributed by atoms with van der Waals surface area (Å²) in [5.74, 6) is -0.993. The van der Waals surface area contributed by atoms with Gasteiger partial charge in [0.15, 0.2) is 0 Å². The topological polar surface area (TPSA) is 82.8 Å².